The van der Waals surface area contributed by atoms with E-state index in [2.05, 4.69) is 19.9 Å². The van der Waals surface area contributed by atoms with Crippen LogP contribution >= 0.6 is 0 Å². The highest BCUT2D eigenvalue weighted by Gasteiger charge is 2.28. The standard InChI is InChI=1S/C21H24F3N3O2/c1-15(19-9-8-18(13-25-19)29-14-21(22,23)24)26-20(28)12-16-4-6-17(7-5-16)27-10-2-3-11-27/h4-9,13,15H,2-3,10-12,14H2,1H3,(H,26,28). The molecule has 1 fully saturated rings. The summed E-state index contributed by atoms with van der Waals surface area (Å²) in [6.45, 7) is 2.55. The van der Waals surface area contributed by atoms with Crippen molar-refractivity contribution in [3.63, 3.8) is 0 Å². The number of anilines is 1. The summed E-state index contributed by atoms with van der Waals surface area (Å²) in [5.41, 5.74) is 2.64. The van der Waals surface area contributed by atoms with Gasteiger partial charge < -0.3 is 15.0 Å². The zero-order valence-corrected chi connectivity index (χ0v) is 16.2. The van der Waals surface area contributed by atoms with Gasteiger partial charge in [0.25, 0.3) is 0 Å². The van der Waals surface area contributed by atoms with E-state index in [1.165, 1.54) is 30.8 Å². The van der Waals surface area contributed by atoms with Gasteiger partial charge in [-0.2, -0.15) is 13.2 Å². The van der Waals surface area contributed by atoms with E-state index in [0.29, 0.717) is 5.69 Å². The number of rotatable bonds is 7. The van der Waals surface area contributed by atoms with E-state index in [0.717, 1.165) is 18.7 Å². The topological polar surface area (TPSA) is 54.5 Å². The van der Waals surface area contributed by atoms with Gasteiger partial charge in [-0.05, 0) is 49.6 Å². The Bertz CT molecular complexity index is 801. The SMILES string of the molecule is CC(NC(=O)Cc1ccc(N2CCCC2)cc1)c1ccc(OCC(F)(F)F)cn1. The van der Waals surface area contributed by atoms with Crippen LogP contribution in [-0.4, -0.2) is 36.8 Å². The van der Waals surface area contributed by atoms with Crippen molar-refractivity contribution in [2.75, 3.05) is 24.6 Å². The Kier molecular flexibility index (Phi) is 6.61. The molecule has 1 saturated heterocycles. The zero-order valence-electron chi connectivity index (χ0n) is 16.2. The maximum absolute atomic E-state index is 12.3. The number of aromatic nitrogens is 1. The van der Waals surface area contributed by atoms with Crippen LogP contribution in [0.4, 0.5) is 18.9 Å². The van der Waals surface area contributed by atoms with Crippen molar-refractivity contribution >= 4 is 11.6 Å². The second-order valence-electron chi connectivity index (χ2n) is 7.15. The quantitative estimate of drug-likeness (QED) is 0.753. The highest BCUT2D eigenvalue weighted by molar-refractivity contribution is 5.79. The molecule has 1 aliphatic rings. The fourth-order valence-corrected chi connectivity index (χ4v) is 3.25. The summed E-state index contributed by atoms with van der Waals surface area (Å²) in [7, 11) is 0. The van der Waals surface area contributed by atoms with Crippen molar-refractivity contribution in [2.45, 2.75) is 38.4 Å². The number of nitrogens with zero attached hydrogens (tertiary/aromatic N) is 2. The Morgan fingerprint density at radius 1 is 1.17 bits per heavy atom. The van der Waals surface area contributed by atoms with Crippen molar-refractivity contribution in [3.05, 3.63) is 53.9 Å². The van der Waals surface area contributed by atoms with Crippen molar-refractivity contribution in [1.29, 1.82) is 0 Å². The molecule has 1 unspecified atom stereocenters. The Hall–Kier alpha value is -2.77. The number of hydrogen-bond acceptors (Lipinski definition) is 4. The number of halogens is 3. The molecule has 1 aromatic carbocycles. The summed E-state index contributed by atoms with van der Waals surface area (Å²) in [4.78, 5) is 18.7. The van der Waals surface area contributed by atoms with Crippen molar-refractivity contribution in [2.24, 2.45) is 0 Å². The Balaban J connectivity index is 1.49. The average Bonchev–Trinajstić information content (AvgIpc) is 3.21. The van der Waals surface area contributed by atoms with Gasteiger partial charge >= 0.3 is 6.18 Å². The van der Waals surface area contributed by atoms with Gasteiger partial charge in [-0.15, -0.1) is 0 Å². The van der Waals surface area contributed by atoms with Gasteiger partial charge in [-0.25, -0.2) is 0 Å². The molecule has 1 aliphatic heterocycles. The highest BCUT2D eigenvalue weighted by Crippen LogP contribution is 2.21. The van der Waals surface area contributed by atoms with E-state index < -0.39 is 12.8 Å². The summed E-state index contributed by atoms with van der Waals surface area (Å²) in [6, 6.07) is 10.6. The van der Waals surface area contributed by atoms with Crippen LogP contribution in [0.5, 0.6) is 5.75 Å². The lowest BCUT2D eigenvalue weighted by atomic mass is 10.1. The largest absolute Gasteiger partial charge is 0.483 e. The van der Waals surface area contributed by atoms with E-state index in [-0.39, 0.29) is 24.1 Å². The van der Waals surface area contributed by atoms with Crippen LogP contribution < -0.4 is 15.0 Å². The lowest BCUT2D eigenvalue weighted by molar-refractivity contribution is -0.153. The predicted octanol–water partition coefficient (Wildman–Crippen LogP) is 4.04. The normalized spacial score (nSPS) is 15.2. The number of nitrogens with one attached hydrogen (secondary N) is 1. The second kappa shape index (κ2) is 9.15. The molecule has 0 bridgehead atoms. The van der Waals surface area contributed by atoms with Gasteiger partial charge in [-0.3, -0.25) is 9.78 Å². The first kappa shape index (κ1) is 21.0. The molecule has 156 valence electrons. The van der Waals surface area contributed by atoms with E-state index in [4.69, 9.17) is 0 Å². The van der Waals surface area contributed by atoms with Crippen molar-refractivity contribution in [1.82, 2.24) is 10.3 Å². The minimum absolute atomic E-state index is 0.0303. The van der Waals surface area contributed by atoms with E-state index >= 15 is 0 Å². The third-order valence-corrected chi connectivity index (χ3v) is 4.76. The number of pyridine rings is 1. The molecule has 1 amide bonds. The maximum atomic E-state index is 12.3. The molecular formula is C21H24F3N3O2. The van der Waals surface area contributed by atoms with Crippen LogP contribution in [0.15, 0.2) is 42.6 Å². The summed E-state index contributed by atoms with van der Waals surface area (Å²) < 4.78 is 41.2. The summed E-state index contributed by atoms with van der Waals surface area (Å²) in [5, 5.41) is 2.86. The molecule has 2 heterocycles. The van der Waals surface area contributed by atoms with Gasteiger partial charge in [-0.1, -0.05) is 12.1 Å². The Morgan fingerprint density at radius 2 is 1.86 bits per heavy atom. The third-order valence-electron chi connectivity index (χ3n) is 4.76. The molecule has 3 rings (SSSR count). The molecule has 1 N–H and O–H groups in total. The van der Waals surface area contributed by atoms with Crippen molar-refractivity contribution < 1.29 is 22.7 Å². The van der Waals surface area contributed by atoms with E-state index in [1.807, 2.05) is 24.3 Å². The number of alkyl halides is 3. The van der Waals surface area contributed by atoms with Gasteiger partial charge in [0.05, 0.1) is 24.4 Å². The first-order chi connectivity index (χ1) is 13.8. The molecule has 2 aromatic rings. The Morgan fingerprint density at radius 3 is 2.45 bits per heavy atom. The van der Waals surface area contributed by atoms with Crippen LogP contribution in [0, 0.1) is 0 Å². The maximum Gasteiger partial charge on any atom is 0.422 e. The summed E-state index contributed by atoms with van der Waals surface area (Å²) in [6.07, 6.45) is -0.498. The molecule has 5 nitrogen and oxygen atoms in total. The second-order valence-corrected chi connectivity index (χ2v) is 7.15. The minimum atomic E-state index is -4.40. The first-order valence-corrected chi connectivity index (χ1v) is 9.59. The van der Waals surface area contributed by atoms with Gasteiger partial charge in [0, 0.05) is 18.8 Å². The van der Waals surface area contributed by atoms with E-state index in [9.17, 15) is 18.0 Å². The number of amides is 1. The fraction of sp³-hybridized carbons (Fsp3) is 0.429. The van der Waals surface area contributed by atoms with Crippen LogP contribution in [-0.2, 0) is 11.2 Å². The molecule has 29 heavy (non-hydrogen) atoms. The first-order valence-electron chi connectivity index (χ1n) is 9.59. The average molecular weight is 407 g/mol. The van der Waals surface area contributed by atoms with Gasteiger partial charge in [0.1, 0.15) is 5.75 Å². The lowest BCUT2D eigenvalue weighted by Crippen LogP contribution is -2.28. The van der Waals surface area contributed by atoms with Crippen LogP contribution in [0.1, 0.15) is 37.1 Å². The van der Waals surface area contributed by atoms with Crippen LogP contribution in [0.2, 0.25) is 0 Å². The number of carbonyl (C=O) groups is 1. The third kappa shape index (κ3) is 6.37. The summed E-state index contributed by atoms with van der Waals surface area (Å²) in [5.74, 6) is -0.117. The van der Waals surface area contributed by atoms with Gasteiger partial charge in [0.2, 0.25) is 5.91 Å². The smallest absolute Gasteiger partial charge is 0.422 e. The molecule has 1 atom stereocenters. The molecule has 1 aromatic heterocycles. The number of ether oxygens (including phenoxy) is 1. The van der Waals surface area contributed by atoms with E-state index in [1.54, 1.807) is 13.0 Å². The fourth-order valence-electron chi connectivity index (χ4n) is 3.25. The molecule has 0 spiro atoms. The molecule has 8 heteroatoms. The lowest BCUT2D eigenvalue weighted by Gasteiger charge is -2.18. The van der Waals surface area contributed by atoms with Crippen LogP contribution in [0.25, 0.3) is 0 Å². The zero-order chi connectivity index (χ0) is 20.9. The van der Waals surface area contributed by atoms with Crippen molar-refractivity contribution in [3.8, 4) is 5.75 Å². The summed E-state index contributed by atoms with van der Waals surface area (Å²) >= 11 is 0. The molecule has 0 saturated carbocycles. The molecular weight excluding hydrogens is 383 g/mol. The molecule has 0 aliphatic carbocycles. The monoisotopic (exact) mass is 407 g/mol. The minimum Gasteiger partial charge on any atom is -0.483 e. The predicted molar refractivity (Wildman–Crippen MR) is 104 cm³/mol. The highest BCUT2D eigenvalue weighted by atomic mass is 19.4. The Labute approximate surface area is 167 Å². The number of hydrogen-bond donors (Lipinski definition) is 1. The number of benzene rings is 1. The van der Waals surface area contributed by atoms with Crippen LogP contribution in [0.3, 0.4) is 0 Å². The number of carbonyl (C=O) groups excluding carboxylic acids is 1. The van der Waals surface area contributed by atoms with Gasteiger partial charge in [0.15, 0.2) is 6.61 Å². The molecule has 0 radical (unpaired) electrons.